The molecule has 1 N–H and O–H groups in total. The summed E-state index contributed by atoms with van der Waals surface area (Å²) in [6.07, 6.45) is 3.37. The average Bonchev–Trinajstić information content (AvgIpc) is 3.21. The third-order valence-electron chi connectivity index (χ3n) is 4.71. The van der Waals surface area contributed by atoms with Gasteiger partial charge in [-0.05, 0) is 43.7 Å². The topological polar surface area (TPSA) is 74.2 Å². The molecule has 1 fully saturated rings. The molecule has 6 nitrogen and oxygen atoms in total. The summed E-state index contributed by atoms with van der Waals surface area (Å²) in [6.45, 7) is 1.65. The molecule has 0 radical (unpaired) electrons. The maximum atomic E-state index is 11.9. The molecule has 24 heavy (non-hydrogen) atoms. The van der Waals surface area contributed by atoms with Crippen molar-refractivity contribution in [2.24, 2.45) is 7.05 Å². The number of rotatable bonds is 4. The maximum absolute atomic E-state index is 11.9. The van der Waals surface area contributed by atoms with E-state index in [2.05, 4.69) is 10.2 Å². The molecule has 0 bridgehead atoms. The summed E-state index contributed by atoms with van der Waals surface area (Å²) < 4.78 is 7.51. The van der Waals surface area contributed by atoms with Crippen LogP contribution in [0.15, 0.2) is 28.7 Å². The number of furan rings is 1. The van der Waals surface area contributed by atoms with Crippen molar-refractivity contribution in [1.29, 1.82) is 5.26 Å². The molecule has 2 aromatic heterocycles. The highest BCUT2D eigenvalue weighted by Crippen LogP contribution is 2.33. The minimum Gasteiger partial charge on any atom is -0.449 e. The van der Waals surface area contributed by atoms with E-state index >= 15 is 0 Å². The van der Waals surface area contributed by atoms with Gasteiger partial charge in [-0.1, -0.05) is 6.42 Å². The van der Waals surface area contributed by atoms with Crippen molar-refractivity contribution in [3.05, 3.63) is 47.2 Å². The molecular formula is C18H22N4O2. The van der Waals surface area contributed by atoms with E-state index < -0.39 is 0 Å². The van der Waals surface area contributed by atoms with E-state index in [0.717, 1.165) is 30.8 Å². The van der Waals surface area contributed by atoms with E-state index in [1.165, 1.54) is 6.42 Å². The first-order chi connectivity index (χ1) is 11.6. The van der Waals surface area contributed by atoms with Crippen LogP contribution in [-0.4, -0.2) is 29.0 Å². The van der Waals surface area contributed by atoms with Crippen molar-refractivity contribution in [1.82, 2.24) is 14.8 Å². The van der Waals surface area contributed by atoms with Crippen LogP contribution >= 0.6 is 0 Å². The predicted octanol–water partition coefficient (Wildman–Crippen LogP) is 2.58. The van der Waals surface area contributed by atoms with Gasteiger partial charge in [0.25, 0.3) is 5.91 Å². The standard InChI is InChI=1S/C18H22N4O2/c1-20-18(23)17-9-8-15(21(17)2)16-5-3-4-10-22(16)12-14-7-6-13(11-19)24-14/h6-9,16H,3-5,10,12H2,1-2H3,(H,20,23). The van der Waals surface area contributed by atoms with Crippen LogP contribution in [0.2, 0.25) is 0 Å². The minimum absolute atomic E-state index is 0.0733. The first kappa shape index (κ1) is 16.3. The van der Waals surface area contributed by atoms with Crippen molar-refractivity contribution < 1.29 is 9.21 Å². The Hall–Kier alpha value is -2.52. The van der Waals surface area contributed by atoms with Crippen LogP contribution < -0.4 is 5.32 Å². The van der Waals surface area contributed by atoms with Crippen LogP contribution in [-0.2, 0) is 13.6 Å². The van der Waals surface area contributed by atoms with E-state index in [4.69, 9.17) is 9.68 Å². The van der Waals surface area contributed by atoms with Crippen molar-refractivity contribution >= 4 is 5.91 Å². The second kappa shape index (κ2) is 6.93. The summed E-state index contributed by atoms with van der Waals surface area (Å²) in [6, 6.07) is 9.76. The van der Waals surface area contributed by atoms with Crippen LogP contribution in [0.1, 0.15) is 53.0 Å². The fourth-order valence-corrected chi connectivity index (χ4v) is 3.46. The van der Waals surface area contributed by atoms with E-state index in [1.54, 1.807) is 13.1 Å². The number of hydrogen-bond donors (Lipinski definition) is 1. The van der Waals surface area contributed by atoms with Gasteiger partial charge in [-0.2, -0.15) is 5.26 Å². The number of piperidine rings is 1. The Bertz CT molecular complexity index is 768. The third-order valence-corrected chi connectivity index (χ3v) is 4.71. The van der Waals surface area contributed by atoms with E-state index in [9.17, 15) is 4.79 Å². The van der Waals surface area contributed by atoms with Gasteiger partial charge >= 0.3 is 0 Å². The zero-order valence-corrected chi connectivity index (χ0v) is 14.1. The molecule has 0 saturated carbocycles. The van der Waals surface area contributed by atoms with Crippen LogP contribution in [0.25, 0.3) is 0 Å². The number of likely N-dealkylation sites (tertiary alicyclic amines) is 1. The molecule has 1 saturated heterocycles. The quantitative estimate of drug-likeness (QED) is 0.937. The molecular weight excluding hydrogens is 304 g/mol. The van der Waals surface area contributed by atoms with E-state index in [-0.39, 0.29) is 11.9 Å². The van der Waals surface area contributed by atoms with Crippen LogP contribution in [0.3, 0.4) is 0 Å². The molecule has 6 heteroatoms. The molecule has 3 rings (SSSR count). The molecule has 3 heterocycles. The van der Waals surface area contributed by atoms with Crippen molar-refractivity contribution in [2.75, 3.05) is 13.6 Å². The molecule has 0 aromatic carbocycles. The van der Waals surface area contributed by atoms with Crippen molar-refractivity contribution in [3.63, 3.8) is 0 Å². The summed E-state index contributed by atoms with van der Waals surface area (Å²) in [7, 11) is 3.58. The number of nitrogens with one attached hydrogen (secondary N) is 1. The molecule has 126 valence electrons. The zero-order valence-electron chi connectivity index (χ0n) is 14.1. The second-order valence-electron chi connectivity index (χ2n) is 6.14. The van der Waals surface area contributed by atoms with Crippen molar-refractivity contribution in [3.8, 4) is 6.07 Å². The Morgan fingerprint density at radius 3 is 2.92 bits per heavy atom. The predicted molar refractivity (Wildman–Crippen MR) is 89.2 cm³/mol. The van der Waals surface area contributed by atoms with Gasteiger partial charge in [0, 0.05) is 19.8 Å². The number of nitriles is 1. The lowest BCUT2D eigenvalue weighted by Crippen LogP contribution is -2.34. The molecule has 1 aliphatic heterocycles. The molecule has 1 unspecified atom stereocenters. The normalized spacial score (nSPS) is 18.3. The fourth-order valence-electron chi connectivity index (χ4n) is 3.46. The Kier molecular flexibility index (Phi) is 4.72. The smallest absolute Gasteiger partial charge is 0.267 e. The Labute approximate surface area is 141 Å². The summed E-state index contributed by atoms with van der Waals surface area (Å²) in [5.41, 5.74) is 1.81. The Morgan fingerprint density at radius 2 is 2.21 bits per heavy atom. The Balaban J connectivity index is 1.83. The van der Waals surface area contributed by atoms with Gasteiger partial charge in [0.2, 0.25) is 5.76 Å². The average molecular weight is 326 g/mol. The molecule has 1 aliphatic rings. The number of carbonyl (C=O) groups is 1. The maximum Gasteiger partial charge on any atom is 0.267 e. The monoisotopic (exact) mass is 326 g/mol. The lowest BCUT2D eigenvalue weighted by Gasteiger charge is -2.35. The highest BCUT2D eigenvalue weighted by atomic mass is 16.3. The Morgan fingerprint density at radius 1 is 1.38 bits per heavy atom. The zero-order chi connectivity index (χ0) is 17.1. The van der Waals surface area contributed by atoms with Crippen LogP contribution in [0.5, 0.6) is 0 Å². The lowest BCUT2D eigenvalue weighted by atomic mass is 9.99. The van der Waals surface area contributed by atoms with Crippen LogP contribution in [0, 0.1) is 11.3 Å². The van der Waals surface area contributed by atoms with Gasteiger partial charge < -0.3 is 14.3 Å². The first-order valence-corrected chi connectivity index (χ1v) is 8.24. The van der Waals surface area contributed by atoms with Gasteiger partial charge in [0.1, 0.15) is 17.5 Å². The highest BCUT2D eigenvalue weighted by Gasteiger charge is 2.28. The van der Waals surface area contributed by atoms with E-state index in [0.29, 0.717) is 18.0 Å². The summed E-state index contributed by atoms with van der Waals surface area (Å²) in [5, 5.41) is 11.6. The summed E-state index contributed by atoms with van der Waals surface area (Å²) in [4.78, 5) is 14.3. The number of carbonyl (C=O) groups excluding carboxylic acids is 1. The number of aromatic nitrogens is 1. The summed E-state index contributed by atoms with van der Waals surface area (Å²) >= 11 is 0. The number of hydrogen-bond acceptors (Lipinski definition) is 4. The summed E-state index contributed by atoms with van der Waals surface area (Å²) in [5.74, 6) is 1.08. The third kappa shape index (κ3) is 3.08. The SMILES string of the molecule is CNC(=O)c1ccc(C2CCCCN2Cc2ccc(C#N)o2)n1C. The highest BCUT2D eigenvalue weighted by molar-refractivity contribution is 5.92. The van der Waals surface area contributed by atoms with Gasteiger partial charge in [-0.3, -0.25) is 9.69 Å². The van der Waals surface area contributed by atoms with E-state index in [1.807, 2.05) is 35.9 Å². The molecule has 0 aliphatic carbocycles. The van der Waals surface area contributed by atoms with Gasteiger partial charge in [0.05, 0.1) is 12.6 Å². The lowest BCUT2D eigenvalue weighted by molar-refractivity contribution is 0.0951. The first-order valence-electron chi connectivity index (χ1n) is 8.24. The van der Waals surface area contributed by atoms with Gasteiger partial charge in [-0.25, -0.2) is 0 Å². The minimum atomic E-state index is -0.0733. The van der Waals surface area contributed by atoms with Gasteiger partial charge in [-0.15, -0.1) is 0 Å². The number of amides is 1. The van der Waals surface area contributed by atoms with Gasteiger partial charge in [0.15, 0.2) is 0 Å². The fraction of sp³-hybridized carbons (Fsp3) is 0.444. The second-order valence-corrected chi connectivity index (χ2v) is 6.14. The number of nitrogens with zero attached hydrogens (tertiary/aromatic N) is 3. The van der Waals surface area contributed by atoms with Crippen LogP contribution in [0.4, 0.5) is 0 Å². The molecule has 2 aromatic rings. The van der Waals surface area contributed by atoms with Crippen molar-refractivity contribution in [2.45, 2.75) is 31.8 Å². The molecule has 0 spiro atoms. The molecule has 1 atom stereocenters. The molecule has 1 amide bonds. The largest absolute Gasteiger partial charge is 0.449 e.